The zero-order chi connectivity index (χ0) is 21.5. The lowest BCUT2D eigenvalue weighted by molar-refractivity contribution is -0.136. The molecule has 1 aromatic carbocycles. The molecule has 1 aliphatic heterocycles. The van der Waals surface area contributed by atoms with Gasteiger partial charge in [-0.05, 0) is 26.7 Å². The zero-order valence-electron chi connectivity index (χ0n) is 19.0. The van der Waals surface area contributed by atoms with E-state index in [-0.39, 0.29) is 5.92 Å². The lowest BCUT2D eigenvalue weighted by atomic mass is 9.96. The van der Waals surface area contributed by atoms with E-state index in [2.05, 4.69) is 44.7 Å². The van der Waals surface area contributed by atoms with Crippen LogP contribution in [0.5, 0.6) is 0 Å². The number of nitrogens with zero attached hydrogens (tertiary/aromatic N) is 4. The fourth-order valence-corrected chi connectivity index (χ4v) is 4.30. The SMILES string of the molecule is CCCC[C@@H](CC)C(=O)N1CCc2nc(-c3ccccc3)nc(N(CC)CC)c2C1. The Morgan fingerprint density at radius 2 is 1.83 bits per heavy atom. The highest BCUT2D eigenvalue weighted by atomic mass is 16.2. The van der Waals surface area contributed by atoms with Gasteiger partial charge >= 0.3 is 0 Å². The van der Waals surface area contributed by atoms with Crippen molar-refractivity contribution in [3.63, 3.8) is 0 Å². The smallest absolute Gasteiger partial charge is 0.225 e. The molecule has 0 bridgehead atoms. The van der Waals surface area contributed by atoms with E-state index in [1.165, 1.54) is 0 Å². The lowest BCUT2D eigenvalue weighted by Crippen LogP contribution is -2.41. The molecule has 0 radical (unpaired) electrons. The van der Waals surface area contributed by atoms with Gasteiger partial charge in [0.1, 0.15) is 5.82 Å². The number of rotatable bonds is 9. The molecule has 2 heterocycles. The number of carbonyl (C=O) groups excluding carboxylic acids is 1. The fourth-order valence-electron chi connectivity index (χ4n) is 4.30. The van der Waals surface area contributed by atoms with Gasteiger partial charge in [0.05, 0.1) is 12.2 Å². The summed E-state index contributed by atoms with van der Waals surface area (Å²) in [6.07, 6.45) is 4.94. The summed E-state index contributed by atoms with van der Waals surface area (Å²) in [6, 6.07) is 10.2. The number of anilines is 1. The van der Waals surface area contributed by atoms with Crippen molar-refractivity contribution in [3.8, 4) is 11.4 Å². The van der Waals surface area contributed by atoms with E-state index in [0.717, 1.165) is 80.2 Å². The Bertz CT molecular complexity index is 833. The van der Waals surface area contributed by atoms with Crippen LogP contribution in [0.25, 0.3) is 11.4 Å². The van der Waals surface area contributed by atoms with Crippen LogP contribution in [0, 0.1) is 5.92 Å². The number of benzene rings is 1. The Morgan fingerprint density at radius 3 is 2.47 bits per heavy atom. The van der Waals surface area contributed by atoms with Crippen LogP contribution in [-0.2, 0) is 17.8 Å². The molecule has 0 aliphatic carbocycles. The van der Waals surface area contributed by atoms with Gasteiger partial charge in [-0.15, -0.1) is 0 Å². The van der Waals surface area contributed by atoms with Crippen LogP contribution in [0.1, 0.15) is 64.6 Å². The number of carbonyl (C=O) groups is 1. The van der Waals surface area contributed by atoms with Crippen molar-refractivity contribution in [1.82, 2.24) is 14.9 Å². The first-order valence-electron chi connectivity index (χ1n) is 11.6. The lowest BCUT2D eigenvalue weighted by Gasteiger charge is -2.34. The van der Waals surface area contributed by atoms with Crippen LogP contribution < -0.4 is 4.90 Å². The molecular formula is C25H36N4O. The molecule has 0 spiro atoms. The maximum absolute atomic E-state index is 13.2. The van der Waals surface area contributed by atoms with Crippen LogP contribution in [0.2, 0.25) is 0 Å². The maximum Gasteiger partial charge on any atom is 0.225 e. The highest BCUT2D eigenvalue weighted by molar-refractivity contribution is 5.79. The minimum absolute atomic E-state index is 0.132. The predicted molar refractivity (Wildman–Crippen MR) is 123 cm³/mol. The van der Waals surface area contributed by atoms with Gasteiger partial charge < -0.3 is 9.80 Å². The van der Waals surface area contributed by atoms with E-state index < -0.39 is 0 Å². The Labute approximate surface area is 181 Å². The molecule has 1 atom stereocenters. The maximum atomic E-state index is 13.2. The molecule has 5 heteroatoms. The van der Waals surface area contributed by atoms with Crippen molar-refractivity contribution in [1.29, 1.82) is 0 Å². The van der Waals surface area contributed by atoms with Crippen LogP contribution >= 0.6 is 0 Å². The van der Waals surface area contributed by atoms with Gasteiger partial charge in [0, 0.05) is 43.1 Å². The quantitative estimate of drug-likeness (QED) is 0.580. The normalized spacial score (nSPS) is 14.3. The molecule has 0 unspecified atom stereocenters. The summed E-state index contributed by atoms with van der Waals surface area (Å²) < 4.78 is 0. The number of aromatic nitrogens is 2. The first kappa shape index (κ1) is 22.3. The van der Waals surface area contributed by atoms with Gasteiger partial charge in [0.2, 0.25) is 5.91 Å². The molecule has 1 aliphatic rings. The summed E-state index contributed by atoms with van der Waals surface area (Å²) in [5.74, 6) is 2.20. The molecule has 0 fully saturated rings. The van der Waals surface area contributed by atoms with Crippen LogP contribution in [-0.4, -0.2) is 40.4 Å². The summed E-state index contributed by atoms with van der Waals surface area (Å²) in [5, 5.41) is 0. The number of fused-ring (bicyclic) bond motifs is 1. The highest BCUT2D eigenvalue weighted by Gasteiger charge is 2.30. The molecular weight excluding hydrogens is 372 g/mol. The van der Waals surface area contributed by atoms with E-state index in [9.17, 15) is 4.79 Å². The number of unbranched alkanes of at least 4 members (excludes halogenated alkanes) is 1. The van der Waals surface area contributed by atoms with Crippen molar-refractivity contribution in [2.45, 2.75) is 66.3 Å². The predicted octanol–water partition coefficient (Wildman–Crippen LogP) is 5.09. The Kier molecular flexibility index (Phi) is 7.83. The second kappa shape index (κ2) is 10.6. The average molecular weight is 409 g/mol. The fraction of sp³-hybridized carbons (Fsp3) is 0.560. The Hall–Kier alpha value is -2.43. The third-order valence-corrected chi connectivity index (χ3v) is 6.19. The van der Waals surface area contributed by atoms with Gasteiger partial charge in [0.15, 0.2) is 5.82 Å². The second-order valence-corrected chi connectivity index (χ2v) is 8.09. The van der Waals surface area contributed by atoms with E-state index in [1.54, 1.807) is 0 Å². The number of hydrogen-bond acceptors (Lipinski definition) is 4. The second-order valence-electron chi connectivity index (χ2n) is 8.09. The number of amides is 1. The standard InChI is InChI=1S/C25H36N4O/c1-5-9-13-19(6-2)25(30)29-17-16-22-21(18-29)24(28(7-3)8-4)27-23(26-22)20-14-11-10-12-15-20/h10-12,14-15,19H,5-9,13,16-18H2,1-4H3/t19-/m1/s1. The van der Waals surface area contributed by atoms with Crippen LogP contribution in [0.15, 0.2) is 30.3 Å². The van der Waals surface area contributed by atoms with Crippen molar-refractivity contribution in [2.75, 3.05) is 24.5 Å². The van der Waals surface area contributed by atoms with Crippen molar-refractivity contribution in [2.24, 2.45) is 5.92 Å². The van der Waals surface area contributed by atoms with Gasteiger partial charge in [0.25, 0.3) is 0 Å². The minimum Gasteiger partial charge on any atom is -0.357 e. The Morgan fingerprint density at radius 1 is 1.10 bits per heavy atom. The molecule has 0 saturated carbocycles. The van der Waals surface area contributed by atoms with E-state index in [4.69, 9.17) is 9.97 Å². The van der Waals surface area contributed by atoms with Crippen molar-refractivity contribution in [3.05, 3.63) is 41.6 Å². The van der Waals surface area contributed by atoms with Crippen molar-refractivity contribution >= 4 is 11.7 Å². The van der Waals surface area contributed by atoms with Gasteiger partial charge in [-0.2, -0.15) is 0 Å². The van der Waals surface area contributed by atoms with Gasteiger partial charge in [-0.25, -0.2) is 9.97 Å². The summed E-state index contributed by atoms with van der Waals surface area (Å²) in [4.78, 5) is 27.5. The topological polar surface area (TPSA) is 49.3 Å². The molecule has 162 valence electrons. The molecule has 0 N–H and O–H groups in total. The Balaban J connectivity index is 1.95. The number of hydrogen-bond donors (Lipinski definition) is 0. The van der Waals surface area contributed by atoms with Gasteiger partial charge in [-0.1, -0.05) is 57.0 Å². The zero-order valence-corrected chi connectivity index (χ0v) is 19.0. The minimum atomic E-state index is 0.132. The van der Waals surface area contributed by atoms with Crippen LogP contribution in [0.3, 0.4) is 0 Å². The van der Waals surface area contributed by atoms with Crippen molar-refractivity contribution < 1.29 is 4.79 Å². The third-order valence-electron chi connectivity index (χ3n) is 6.19. The van der Waals surface area contributed by atoms with E-state index in [1.807, 2.05) is 23.1 Å². The largest absolute Gasteiger partial charge is 0.357 e. The highest BCUT2D eigenvalue weighted by Crippen LogP contribution is 2.31. The summed E-state index contributed by atoms with van der Waals surface area (Å²) >= 11 is 0. The molecule has 1 aromatic heterocycles. The molecule has 1 amide bonds. The average Bonchev–Trinajstić information content (AvgIpc) is 2.80. The third kappa shape index (κ3) is 4.82. The first-order chi connectivity index (χ1) is 14.6. The summed E-state index contributed by atoms with van der Waals surface area (Å²) in [7, 11) is 0. The molecule has 3 rings (SSSR count). The monoisotopic (exact) mass is 408 g/mol. The molecule has 5 nitrogen and oxygen atoms in total. The van der Waals surface area contributed by atoms with E-state index >= 15 is 0 Å². The van der Waals surface area contributed by atoms with Crippen LogP contribution in [0.4, 0.5) is 5.82 Å². The van der Waals surface area contributed by atoms with Gasteiger partial charge in [-0.3, -0.25) is 4.79 Å². The summed E-state index contributed by atoms with van der Waals surface area (Å²) in [6.45, 7) is 11.8. The molecule has 2 aromatic rings. The summed E-state index contributed by atoms with van der Waals surface area (Å²) in [5.41, 5.74) is 3.26. The molecule has 30 heavy (non-hydrogen) atoms. The molecule has 0 saturated heterocycles. The first-order valence-corrected chi connectivity index (χ1v) is 11.6. The van der Waals surface area contributed by atoms with E-state index in [0.29, 0.717) is 12.5 Å².